The Morgan fingerprint density at radius 3 is 1.57 bits per heavy atom. The van der Waals surface area contributed by atoms with Crippen LogP contribution in [0.15, 0.2) is 48.5 Å². The molecule has 0 N–H and O–H groups in total. The fourth-order valence-electron chi connectivity index (χ4n) is 5.41. The lowest BCUT2D eigenvalue weighted by atomic mass is 9.78. The lowest BCUT2D eigenvalue weighted by molar-refractivity contribution is 0.0723. The Balaban J connectivity index is 1.58. The molecule has 0 saturated carbocycles. The van der Waals surface area contributed by atoms with Crippen LogP contribution in [0.25, 0.3) is 0 Å². The highest BCUT2D eigenvalue weighted by Crippen LogP contribution is 2.50. The van der Waals surface area contributed by atoms with Crippen molar-refractivity contribution in [1.29, 1.82) is 0 Å². The van der Waals surface area contributed by atoms with Gasteiger partial charge in [-0.3, -0.25) is 9.80 Å². The van der Waals surface area contributed by atoms with E-state index in [0.29, 0.717) is 13.2 Å². The second kappa shape index (κ2) is 5.74. The molecule has 4 aliphatic rings. The van der Waals surface area contributed by atoms with Crippen LogP contribution >= 0.6 is 0 Å². The van der Waals surface area contributed by atoms with Crippen LogP contribution in [0.4, 0.5) is 9.59 Å². The summed E-state index contributed by atoms with van der Waals surface area (Å²) in [7, 11) is 0. The molecule has 4 heterocycles. The average molecular weight is 376 g/mol. The van der Waals surface area contributed by atoms with Crippen LogP contribution in [0.3, 0.4) is 0 Å². The normalized spacial score (nSPS) is 30.1. The third kappa shape index (κ3) is 2.08. The molecule has 0 radical (unpaired) electrons. The van der Waals surface area contributed by atoms with Gasteiger partial charge in [-0.1, -0.05) is 48.5 Å². The Bertz CT molecular complexity index is 911. The van der Waals surface area contributed by atoms with Crippen molar-refractivity contribution < 1.29 is 19.1 Å². The average Bonchev–Trinajstić information content (AvgIpc) is 3.27. The molecule has 0 aromatic heterocycles. The summed E-state index contributed by atoms with van der Waals surface area (Å²) in [5.74, 6) is 0. The molecule has 2 saturated heterocycles. The zero-order valence-corrected chi connectivity index (χ0v) is 15.3. The van der Waals surface area contributed by atoms with Gasteiger partial charge in [-0.15, -0.1) is 0 Å². The van der Waals surface area contributed by atoms with Crippen molar-refractivity contribution in [2.45, 2.75) is 37.0 Å². The van der Waals surface area contributed by atoms with Gasteiger partial charge in [0.1, 0.15) is 13.2 Å². The Morgan fingerprint density at radius 2 is 1.11 bits per heavy atom. The van der Waals surface area contributed by atoms with Gasteiger partial charge < -0.3 is 9.47 Å². The molecule has 6 rings (SSSR count). The SMILES string of the molecule is O=C1OCC2Cc3ccccc3C(C3c4ccccc4CC4COC(=O)N43)N12. The third-order valence-corrected chi connectivity index (χ3v) is 6.56. The summed E-state index contributed by atoms with van der Waals surface area (Å²) in [6.07, 6.45) is 0.967. The molecule has 2 aromatic carbocycles. The molecule has 28 heavy (non-hydrogen) atoms. The fourth-order valence-corrected chi connectivity index (χ4v) is 5.41. The van der Waals surface area contributed by atoms with Gasteiger partial charge in [0.15, 0.2) is 0 Å². The molecule has 4 unspecified atom stereocenters. The molecule has 0 bridgehead atoms. The Morgan fingerprint density at radius 1 is 0.679 bits per heavy atom. The van der Waals surface area contributed by atoms with E-state index in [0.717, 1.165) is 24.0 Å². The van der Waals surface area contributed by atoms with E-state index in [2.05, 4.69) is 24.3 Å². The zero-order chi connectivity index (χ0) is 18.8. The Labute approximate surface area is 162 Å². The van der Waals surface area contributed by atoms with Gasteiger partial charge in [-0.2, -0.15) is 0 Å². The van der Waals surface area contributed by atoms with E-state index in [1.54, 1.807) is 0 Å². The molecule has 142 valence electrons. The van der Waals surface area contributed by atoms with Crippen molar-refractivity contribution in [3.63, 3.8) is 0 Å². The number of ether oxygens (including phenoxy) is 2. The molecule has 6 heteroatoms. The predicted octanol–water partition coefficient (Wildman–Crippen LogP) is 3.22. The van der Waals surface area contributed by atoms with Gasteiger partial charge in [0.2, 0.25) is 0 Å². The van der Waals surface area contributed by atoms with Crippen molar-refractivity contribution >= 4 is 12.2 Å². The minimum atomic E-state index is -0.295. The molecule has 2 fully saturated rings. The van der Waals surface area contributed by atoms with Crippen molar-refractivity contribution in [1.82, 2.24) is 9.80 Å². The maximum absolute atomic E-state index is 12.7. The summed E-state index contributed by atoms with van der Waals surface area (Å²) in [5.41, 5.74) is 4.63. The summed E-state index contributed by atoms with van der Waals surface area (Å²) < 4.78 is 10.9. The van der Waals surface area contributed by atoms with Crippen molar-refractivity contribution in [3.8, 4) is 0 Å². The van der Waals surface area contributed by atoms with Crippen LogP contribution in [-0.2, 0) is 22.3 Å². The van der Waals surface area contributed by atoms with Crippen molar-refractivity contribution in [3.05, 3.63) is 70.8 Å². The lowest BCUT2D eigenvalue weighted by Crippen LogP contribution is -2.52. The lowest BCUT2D eigenvalue weighted by Gasteiger charge is -2.47. The monoisotopic (exact) mass is 376 g/mol. The van der Waals surface area contributed by atoms with Gasteiger partial charge in [-0.25, -0.2) is 9.59 Å². The number of carbonyl (C=O) groups excluding carboxylic acids is 2. The van der Waals surface area contributed by atoms with Crippen LogP contribution in [0.2, 0.25) is 0 Å². The maximum atomic E-state index is 12.7. The van der Waals surface area contributed by atoms with Crippen molar-refractivity contribution in [2.24, 2.45) is 0 Å². The Kier molecular flexibility index (Phi) is 3.27. The summed E-state index contributed by atoms with van der Waals surface area (Å²) in [4.78, 5) is 29.2. The first-order chi connectivity index (χ1) is 13.7. The largest absolute Gasteiger partial charge is 0.447 e. The number of amides is 2. The number of hydrogen-bond donors (Lipinski definition) is 0. The number of cyclic esters (lactones) is 2. The first kappa shape index (κ1) is 16.0. The molecule has 2 aromatic rings. The van der Waals surface area contributed by atoms with E-state index in [4.69, 9.17) is 9.47 Å². The first-order valence-corrected chi connectivity index (χ1v) is 9.78. The van der Waals surface area contributed by atoms with E-state index in [-0.39, 0.29) is 36.4 Å². The number of carbonyl (C=O) groups is 2. The van der Waals surface area contributed by atoms with Gasteiger partial charge in [0.05, 0.1) is 24.2 Å². The van der Waals surface area contributed by atoms with Crippen LogP contribution in [0, 0.1) is 0 Å². The quantitative estimate of drug-likeness (QED) is 0.767. The van der Waals surface area contributed by atoms with Crippen LogP contribution in [0.5, 0.6) is 0 Å². The summed E-state index contributed by atoms with van der Waals surface area (Å²) >= 11 is 0. The highest BCUT2D eigenvalue weighted by atomic mass is 16.6. The summed E-state index contributed by atoms with van der Waals surface area (Å²) in [5, 5.41) is 0. The van der Waals surface area contributed by atoms with Crippen LogP contribution in [0.1, 0.15) is 34.3 Å². The smallest absolute Gasteiger partial charge is 0.410 e. The minimum Gasteiger partial charge on any atom is -0.447 e. The zero-order valence-electron chi connectivity index (χ0n) is 15.3. The maximum Gasteiger partial charge on any atom is 0.410 e. The van der Waals surface area contributed by atoms with Gasteiger partial charge in [-0.05, 0) is 35.1 Å². The third-order valence-electron chi connectivity index (χ3n) is 6.56. The molecule has 2 amide bonds. The molecular weight excluding hydrogens is 356 g/mol. The van der Waals surface area contributed by atoms with Crippen LogP contribution in [-0.4, -0.2) is 47.3 Å². The summed E-state index contributed by atoms with van der Waals surface area (Å²) in [6.45, 7) is 0.790. The molecule has 4 aliphatic heterocycles. The summed E-state index contributed by atoms with van der Waals surface area (Å²) in [6, 6.07) is 15.9. The molecule has 0 spiro atoms. The molecular formula is C22H20N2O4. The van der Waals surface area contributed by atoms with E-state index < -0.39 is 0 Å². The number of benzene rings is 2. The number of nitrogens with zero attached hydrogens (tertiary/aromatic N) is 2. The standard InChI is InChI=1S/C22H20N2O4/c25-21-23-15(11-27-21)9-13-5-1-3-7-17(13)19(23)20-18-8-4-2-6-14(18)10-16-12-28-22(26)24(16)20/h1-8,15-16,19-20H,9-12H2. The topological polar surface area (TPSA) is 59.1 Å². The first-order valence-electron chi connectivity index (χ1n) is 9.78. The highest BCUT2D eigenvalue weighted by Gasteiger charge is 2.53. The van der Waals surface area contributed by atoms with Crippen molar-refractivity contribution in [2.75, 3.05) is 13.2 Å². The fraction of sp³-hybridized carbons (Fsp3) is 0.364. The second-order valence-electron chi connectivity index (χ2n) is 7.97. The van der Waals surface area contributed by atoms with E-state index in [1.807, 2.05) is 34.1 Å². The van der Waals surface area contributed by atoms with E-state index >= 15 is 0 Å². The highest BCUT2D eigenvalue weighted by molar-refractivity contribution is 5.74. The predicted molar refractivity (Wildman–Crippen MR) is 99.7 cm³/mol. The second-order valence-corrected chi connectivity index (χ2v) is 7.97. The Hall–Kier alpha value is -3.02. The van der Waals surface area contributed by atoms with E-state index in [9.17, 15) is 9.59 Å². The van der Waals surface area contributed by atoms with Gasteiger partial charge >= 0.3 is 12.2 Å². The van der Waals surface area contributed by atoms with Gasteiger partial charge in [0.25, 0.3) is 0 Å². The molecule has 6 nitrogen and oxygen atoms in total. The number of rotatable bonds is 1. The molecule has 0 aliphatic carbocycles. The number of hydrogen-bond acceptors (Lipinski definition) is 4. The van der Waals surface area contributed by atoms with Crippen LogP contribution < -0.4 is 0 Å². The molecule has 4 atom stereocenters. The van der Waals surface area contributed by atoms with Gasteiger partial charge in [0, 0.05) is 0 Å². The van der Waals surface area contributed by atoms with E-state index in [1.165, 1.54) is 11.1 Å². The minimum absolute atomic E-state index is 0.00133. The number of fused-ring (bicyclic) bond motifs is 4.